The minimum atomic E-state index is -0.622. The molecule has 0 spiro atoms. The molecule has 2 aromatic carbocycles. The van der Waals surface area contributed by atoms with E-state index >= 15 is 0 Å². The number of hydrogen-bond acceptors (Lipinski definition) is 4. The van der Waals surface area contributed by atoms with Crippen LogP contribution in [0.15, 0.2) is 42.5 Å². The molecule has 5 nitrogen and oxygen atoms in total. The Balaban J connectivity index is 1.82. The number of carbonyl (C=O) groups excluding carboxylic acids is 2. The number of halogens is 2. The molecule has 1 N–H and O–H groups in total. The third-order valence-electron chi connectivity index (χ3n) is 3.04. The SMILES string of the molecule is COc1ccc(NC(=O)COC(=O)Cc2cccc(F)c2)cc1Cl. The van der Waals surface area contributed by atoms with E-state index < -0.39 is 24.3 Å². The van der Waals surface area contributed by atoms with E-state index in [1.54, 1.807) is 18.2 Å². The summed E-state index contributed by atoms with van der Waals surface area (Å²) in [6.07, 6.45) is -0.112. The van der Waals surface area contributed by atoms with Crippen molar-refractivity contribution in [2.45, 2.75) is 6.42 Å². The van der Waals surface area contributed by atoms with Crippen molar-refractivity contribution in [2.24, 2.45) is 0 Å². The lowest BCUT2D eigenvalue weighted by Crippen LogP contribution is -2.21. The first-order valence-electron chi connectivity index (χ1n) is 7.01. The average molecular weight is 352 g/mol. The van der Waals surface area contributed by atoms with Gasteiger partial charge in [0.15, 0.2) is 6.61 Å². The first kappa shape index (κ1) is 17.7. The molecule has 0 fully saturated rings. The molecule has 0 atom stereocenters. The molecule has 1 amide bonds. The molecule has 0 saturated carbocycles. The number of nitrogens with one attached hydrogen (secondary N) is 1. The Bertz CT molecular complexity index is 751. The number of hydrogen-bond donors (Lipinski definition) is 1. The molecule has 0 heterocycles. The first-order valence-corrected chi connectivity index (χ1v) is 7.39. The summed E-state index contributed by atoms with van der Waals surface area (Å²) in [5, 5.41) is 2.89. The molecule has 0 aromatic heterocycles. The number of benzene rings is 2. The Morgan fingerprint density at radius 1 is 1.21 bits per heavy atom. The molecule has 0 saturated heterocycles. The van der Waals surface area contributed by atoms with Gasteiger partial charge in [-0.15, -0.1) is 0 Å². The second-order valence-electron chi connectivity index (χ2n) is 4.86. The van der Waals surface area contributed by atoms with Gasteiger partial charge in [0.1, 0.15) is 11.6 Å². The van der Waals surface area contributed by atoms with Crippen molar-refractivity contribution < 1.29 is 23.5 Å². The van der Waals surface area contributed by atoms with Gasteiger partial charge in [-0.25, -0.2) is 4.39 Å². The van der Waals surface area contributed by atoms with Gasteiger partial charge in [0.2, 0.25) is 0 Å². The van der Waals surface area contributed by atoms with Crippen molar-refractivity contribution in [3.63, 3.8) is 0 Å². The molecule has 7 heteroatoms. The highest BCUT2D eigenvalue weighted by Crippen LogP contribution is 2.27. The van der Waals surface area contributed by atoms with E-state index in [0.29, 0.717) is 22.0 Å². The van der Waals surface area contributed by atoms with E-state index in [1.165, 1.54) is 31.4 Å². The maximum atomic E-state index is 13.0. The average Bonchev–Trinajstić information content (AvgIpc) is 2.53. The summed E-state index contributed by atoms with van der Waals surface area (Å²) in [5.74, 6) is -1.09. The van der Waals surface area contributed by atoms with Crippen molar-refractivity contribution in [1.82, 2.24) is 0 Å². The fourth-order valence-electron chi connectivity index (χ4n) is 1.95. The molecule has 0 aliphatic carbocycles. The second-order valence-corrected chi connectivity index (χ2v) is 5.27. The molecular weight excluding hydrogens is 337 g/mol. The maximum Gasteiger partial charge on any atom is 0.310 e. The van der Waals surface area contributed by atoms with Crippen molar-refractivity contribution in [2.75, 3.05) is 19.0 Å². The number of anilines is 1. The lowest BCUT2D eigenvalue weighted by atomic mass is 10.1. The van der Waals surface area contributed by atoms with Gasteiger partial charge in [-0.3, -0.25) is 9.59 Å². The molecule has 2 rings (SSSR count). The summed E-state index contributed by atoms with van der Waals surface area (Å²) >= 11 is 5.95. The molecule has 0 radical (unpaired) electrons. The van der Waals surface area contributed by atoms with Crippen LogP contribution < -0.4 is 10.1 Å². The number of carbonyl (C=O) groups is 2. The zero-order chi connectivity index (χ0) is 17.5. The smallest absolute Gasteiger partial charge is 0.310 e. The normalized spacial score (nSPS) is 10.1. The summed E-state index contributed by atoms with van der Waals surface area (Å²) in [4.78, 5) is 23.4. The van der Waals surface area contributed by atoms with Gasteiger partial charge >= 0.3 is 5.97 Å². The summed E-state index contributed by atoms with van der Waals surface area (Å²) < 4.78 is 22.9. The van der Waals surface area contributed by atoms with Crippen LogP contribution in [0.4, 0.5) is 10.1 Å². The summed E-state index contributed by atoms with van der Waals surface area (Å²) in [7, 11) is 1.48. The van der Waals surface area contributed by atoms with Crippen LogP contribution in [0.25, 0.3) is 0 Å². The molecule has 126 valence electrons. The van der Waals surface area contributed by atoms with Crippen LogP contribution in [0.3, 0.4) is 0 Å². The lowest BCUT2D eigenvalue weighted by Gasteiger charge is -2.09. The molecule has 0 unspecified atom stereocenters. The minimum absolute atomic E-state index is 0.112. The number of amides is 1. The monoisotopic (exact) mass is 351 g/mol. The molecule has 0 bridgehead atoms. The van der Waals surface area contributed by atoms with Crippen LogP contribution in [0.1, 0.15) is 5.56 Å². The van der Waals surface area contributed by atoms with E-state index in [-0.39, 0.29) is 6.42 Å². The predicted molar refractivity (Wildman–Crippen MR) is 87.7 cm³/mol. The van der Waals surface area contributed by atoms with Gasteiger partial charge in [0.25, 0.3) is 5.91 Å². The molecule has 0 aliphatic heterocycles. The van der Waals surface area contributed by atoms with E-state index in [9.17, 15) is 14.0 Å². The van der Waals surface area contributed by atoms with Gasteiger partial charge in [0.05, 0.1) is 18.6 Å². The Labute approximate surface area is 143 Å². The number of methoxy groups -OCH3 is 1. The number of rotatable bonds is 6. The van der Waals surface area contributed by atoms with Crippen molar-refractivity contribution in [3.8, 4) is 5.75 Å². The summed E-state index contributed by atoms with van der Waals surface area (Å²) in [6.45, 7) is -0.447. The van der Waals surface area contributed by atoms with Crippen LogP contribution in [0.2, 0.25) is 5.02 Å². The Morgan fingerprint density at radius 2 is 2.00 bits per heavy atom. The minimum Gasteiger partial charge on any atom is -0.495 e. The molecule has 24 heavy (non-hydrogen) atoms. The van der Waals surface area contributed by atoms with E-state index in [0.717, 1.165) is 0 Å². The fourth-order valence-corrected chi connectivity index (χ4v) is 2.21. The van der Waals surface area contributed by atoms with Crippen LogP contribution in [0.5, 0.6) is 5.75 Å². The first-order chi connectivity index (χ1) is 11.5. The van der Waals surface area contributed by atoms with Crippen molar-refractivity contribution in [1.29, 1.82) is 0 Å². The largest absolute Gasteiger partial charge is 0.495 e. The number of esters is 1. The van der Waals surface area contributed by atoms with Crippen LogP contribution in [-0.4, -0.2) is 25.6 Å². The third-order valence-corrected chi connectivity index (χ3v) is 3.33. The summed E-state index contributed by atoms with van der Waals surface area (Å²) in [5.41, 5.74) is 0.925. The van der Waals surface area contributed by atoms with Gasteiger partial charge in [-0.1, -0.05) is 23.7 Å². The van der Waals surface area contributed by atoms with Gasteiger partial charge < -0.3 is 14.8 Å². The maximum absolute atomic E-state index is 13.0. The second kappa shape index (κ2) is 8.31. The topological polar surface area (TPSA) is 64.6 Å². The predicted octanol–water partition coefficient (Wildman–Crippen LogP) is 3.21. The quantitative estimate of drug-likeness (QED) is 0.812. The summed E-state index contributed by atoms with van der Waals surface area (Å²) in [6, 6.07) is 10.3. The highest BCUT2D eigenvalue weighted by atomic mass is 35.5. The Morgan fingerprint density at radius 3 is 2.67 bits per heavy atom. The van der Waals surface area contributed by atoms with Gasteiger partial charge in [-0.2, -0.15) is 0 Å². The zero-order valence-corrected chi connectivity index (χ0v) is 13.6. The van der Waals surface area contributed by atoms with Crippen LogP contribution in [0, 0.1) is 5.82 Å². The number of ether oxygens (including phenoxy) is 2. The lowest BCUT2D eigenvalue weighted by molar-refractivity contribution is -0.146. The Hall–Kier alpha value is -2.60. The molecule has 0 aliphatic rings. The highest BCUT2D eigenvalue weighted by Gasteiger charge is 2.10. The fraction of sp³-hybridized carbons (Fsp3) is 0.176. The van der Waals surface area contributed by atoms with E-state index in [1.807, 2.05) is 0 Å². The zero-order valence-electron chi connectivity index (χ0n) is 12.8. The van der Waals surface area contributed by atoms with E-state index in [2.05, 4.69) is 5.32 Å². The third kappa shape index (κ3) is 5.24. The highest BCUT2D eigenvalue weighted by molar-refractivity contribution is 6.32. The molecular formula is C17H15ClFNO4. The van der Waals surface area contributed by atoms with Gasteiger partial charge in [0, 0.05) is 5.69 Å². The standard InChI is InChI=1S/C17H15ClFNO4/c1-23-15-6-5-13(9-14(15)18)20-16(21)10-24-17(22)8-11-3-2-4-12(19)7-11/h2-7,9H,8,10H2,1H3,(H,20,21). The van der Waals surface area contributed by atoms with Crippen LogP contribution >= 0.6 is 11.6 Å². The Kier molecular flexibility index (Phi) is 6.14. The van der Waals surface area contributed by atoms with Crippen LogP contribution in [-0.2, 0) is 20.7 Å². The van der Waals surface area contributed by atoms with Crippen molar-refractivity contribution in [3.05, 3.63) is 58.9 Å². The van der Waals surface area contributed by atoms with Gasteiger partial charge in [-0.05, 0) is 35.9 Å². The molecule has 2 aromatic rings. The van der Waals surface area contributed by atoms with E-state index in [4.69, 9.17) is 21.1 Å². The van der Waals surface area contributed by atoms with Crippen molar-refractivity contribution >= 4 is 29.2 Å².